The van der Waals surface area contributed by atoms with Gasteiger partial charge in [-0.3, -0.25) is 19.1 Å². The van der Waals surface area contributed by atoms with Gasteiger partial charge in [0.2, 0.25) is 0 Å². The lowest BCUT2D eigenvalue weighted by atomic mass is 10.1. The van der Waals surface area contributed by atoms with Crippen LogP contribution in [0.15, 0.2) is 146 Å². The van der Waals surface area contributed by atoms with E-state index in [0.717, 1.165) is 56.2 Å². The van der Waals surface area contributed by atoms with Gasteiger partial charge in [-0.25, -0.2) is 9.97 Å². The molecule has 6 heteroatoms. The number of nitrogens with zero attached hydrogens (tertiary/aromatic N) is 6. The maximum absolute atomic E-state index is 5.10. The second-order valence-electron chi connectivity index (χ2n) is 10.8. The Labute approximate surface area is 252 Å². The third-order valence-electron chi connectivity index (χ3n) is 8.36. The van der Waals surface area contributed by atoms with Crippen molar-refractivity contribution < 1.29 is 0 Å². The molecule has 9 rings (SSSR count). The zero-order chi connectivity index (χ0) is 29.0. The van der Waals surface area contributed by atoms with Crippen molar-refractivity contribution in [2.24, 2.45) is 0 Å². The third-order valence-corrected chi connectivity index (χ3v) is 8.36. The molecular weight excluding hydrogens is 540 g/mol. The first-order valence-corrected chi connectivity index (χ1v) is 14.6. The van der Waals surface area contributed by atoms with Gasteiger partial charge in [-0.05, 0) is 48.5 Å². The minimum Gasteiger partial charge on any atom is -0.292 e. The molecule has 0 aliphatic rings. The predicted molar refractivity (Wildman–Crippen MR) is 177 cm³/mol. The second kappa shape index (κ2) is 9.71. The molecule has 0 aliphatic carbocycles. The highest BCUT2D eigenvalue weighted by Crippen LogP contribution is 2.33. The lowest BCUT2D eigenvalue weighted by Crippen LogP contribution is -1.99. The number of para-hydroxylation sites is 2. The fraction of sp³-hybridized carbons (Fsp3) is 0. The van der Waals surface area contributed by atoms with Crippen LogP contribution < -0.4 is 0 Å². The Bertz CT molecular complexity index is 2220. The van der Waals surface area contributed by atoms with E-state index < -0.39 is 0 Å². The topological polar surface area (TPSA) is 61.4 Å². The molecule has 6 heterocycles. The SMILES string of the molecule is c1cc(-c2ccc(-c3cccc(-n4c5ccccc5c5ccncc54)n3)cc2)nc(-n2c3ccccc3c3ccncc32)c1. The number of hydrogen-bond donors (Lipinski definition) is 0. The van der Waals surface area contributed by atoms with E-state index in [9.17, 15) is 0 Å². The molecule has 0 amide bonds. The Morgan fingerprint density at radius 3 is 1.27 bits per heavy atom. The molecule has 0 N–H and O–H groups in total. The first-order chi connectivity index (χ1) is 21.8. The van der Waals surface area contributed by atoms with Crippen LogP contribution in [0.5, 0.6) is 0 Å². The summed E-state index contributed by atoms with van der Waals surface area (Å²) < 4.78 is 4.38. The van der Waals surface area contributed by atoms with Gasteiger partial charge >= 0.3 is 0 Å². The molecule has 3 aromatic carbocycles. The molecule has 0 saturated heterocycles. The Morgan fingerprint density at radius 2 is 0.795 bits per heavy atom. The van der Waals surface area contributed by atoms with Crippen LogP contribution in [-0.4, -0.2) is 29.1 Å². The summed E-state index contributed by atoms with van der Waals surface area (Å²) in [6.07, 6.45) is 7.51. The standard InChI is InChI=1S/C38H24N6/c1-3-11-33-27(7-1)29-19-21-39-23-35(29)43(33)37-13-5-9-31(41-37)25-15-17-26(18-16-25)32-10-6-14-38(42-32)44-34-12-4-2-8-28(34)30-20-22-40-24-36(30)44/h1-24H. The number of rotatable bonds is 4. The van der Waals surface area contributed by atoms with Crippen molar-refractivity contribution in [1.82, 2.24) is 29.1 Å². The number of hydrogen-bond acceptors (Lipinski definition) is 4. The quantitative estimate of drug-likeness (QED) is 0.214. The minimum atomic E-state index is 0.862. The summed E-state index contributed by atoms with van der Waals surface area (Å²) >= 11 is 0. The van der Waals surface area contributed by atoms with E-state index >= 15 is 0 Å². The Kier molecular flexibility index (Phi) is 5.40. The molecule has 0 spiro atoms. The summed E-state index contributed by atoms with van der Waals surface area (Å²) in [5.41, 5.74) is 8.20. The van der Waals surface area contributed by atoms with Crippen LogP contribution >= 0.6 is 0 Å². The van der Waals surface area contributed by atoms with Gasteiger partial charge in [0, 0.05) is 45.1 Å². The summed E-state index contributed by atoms with van der Waals surface area (Å²) in [6, 6.07) is 41.8. The molecule has 0 unspecified atom stereocenters. The minimum absolute atomic E-state index is 0.862. The molecule has 6 aromatic heterocycles. The molecule has 0 bridgehead atoms. The maximum Gasteiger partial charge on any atom is 0.138 e. The number of fused-ring (bicyclic) bond motifs is 6. The lowest BCUT2D eigenvalue weighted by molar-refractivity contribution is 1.08. The third kappa shape index (κ3) is 3.75. The summed E-state index contributed by atoms with van der Waals surface area (Å²) in [5.74, 6) is 1.72. The van der Waals surface area contributed by atoms with Crippen LogP contribution in [0.4, 0.5) is 0 Å². The van der Waals surface area contributed by atoms with E-state index in [-0.39, 0.29) is 0 Å². The van der Waals surface area contributed by atoms with Crippen LogP contribution in [0, 0.1) is 0 Å². The fourth-order valence-corrected chi connectivity index (χ4v) is 6.36. The van der Waals surface area contributed by atoms with Gasteiger partial charge in [-0.15, -0.1) is 0 Å². The van der Waals surface area contributed by atoms with Crippen molar-refractivity contribution in [3.63, 3.8) is 0 Å². The van der Waals surface area contributed by atoms with Gasteiger partial charge in [0.05, 0.1) is 45.8 Å². The molecule has 0 atom stereocenters. The van der Waals surface area contributed by atoms with E-state index in [0.29, 0.717) is 0 Å². The molecule has 0 aliphatic heterocycles. The maximum atomic E-state index is 5.10. The fourth-order valence-electron chi connectivity index (χ4n) is 6.36. The Hall–Kier alpha value is -6.14. The first kappa shape index (κ1) is 24.5. The van der Waals surface area contributed by atoms with E-state index in [1.807, 2.05) is 24.8 Å². The van der Waals surface area contributed by atoms with E-state index in [2.05, 4.69) is 140 Å². The highest BCUT2D eigenvalue weighted by Gasteiger charge is 2.15. The molecule has 0 fully saturated rings. The normalized spacial score (nSPS) is 11.6. The molecule has 0 radical (unpaired) electrons. The monoisotopic (exact) mass is 564 g/mol. The van der Waals surface area contributed by atoms with E-state index in [1.54, 1.807) is 0 Å². The van der Waals surface area contributed by atoms with E-state index in [1.165, 1.54) is 21.5 Å². The van der Waals surface area contributed by atoms with Gasteiger partial charge in [0.15, 0.2) is 0 Å². The van der Waals surface area contributed by atoms with Crippen LogP contribution in [-0.2, 0) is 0 Å². The van der Waals surface area contributed by atoms with Crippen molar-refractivity contribution >= 4 is 43.6 Å². The number of pyridine rings is 4. The molecule has 206 valence electrons. The zero-order valence-corrected chi connectivity index (χ0v) is 23.5. The lowest BCUT2D eigenvalue weighted by Gasteiger charge is -2.10. The van der Waals surface area contributed by atoms with Crippen LogP contribution in [0.25, 0.3) is 77.8 Å². The van der Waals surface area contributed by atoms with Crippen molar-refractivity contribution in [3.05, 3.63) is 146 Å². The van der Waals surface area contributed by atoms with Gasteiger partial charge < -0.3 is 0 Å². The second-order valence-corrected chi connectivity index (χ2v) is 10.8. The predicted octanol–water partition coefficient (Wildman–Crippen LogP) is 8.79. The first-order valence-electron chi connectivity index (χ1n) is 14.6. The average Bonchev–Trinajstić information content (AvgIpc) is 3.62. The van der Waals surface area contributed by atoms with Crippen LogP contribution in [0.1, 0.15) is 0 Å². The summed E-state index contributed by atoms with van der Waals surface area (Å²) in [4.78, 5) is 19.0. The van der Waals surface area contributed by atoms with Crippen molar-refractivity contribution in [3.8, 4) is 34.2 Å². The average molecular weight is 565 g/mol. The number of aromatic nitrogens is 6. The summed E-state index contributed by atoms with van der Waals surface area (Å²) in [7, 11) is 0. The van der Waals surface area contributed by atoms with Crippen molar-refractivity contribution in [2.45, 2.75) is 0 Å². The molecule has 9 aromatic rings. The molecule has 6 nitrogen and oxygen atoms in total. The highest BCUT2D eigenvalue weighted by atomic mass is 15.1. The van der Waals surface area contributed by atoms with Gasteiger partial charge in [0.25, 0.3) is 0 Å². The molecule has 44 heavy (non-hydrogen) atoms. The highest BCUT2D eigenvalue weighted by molar-refractivity contribution is 6.09. The largest absolute Gasteiger partial charge is 0.292 e. The van der Waals surface area contributed by atoms with E-state index in [4.69, 9.17) is 9.97 Å². The summed E-state index contributed by atoms with van der Waals surface area (Å²) in [6.45, 7) is 0. The van der Waals surface area contributed by atoms with Crippen molar-refractivity contribution in [2.75, 3.05) is 0 Å². The van der Waals surface area contributed by atoms with Gasteiger partial charge in [-0.2, -0.15) is 0 Å². The van der Waals surface area contributed by atoms with Crippen molar-refractivity contribution in [1.29, 1.82) is 0 Å². The Balaban J connectivity index is 1.10. The van der Waals surface area contributed by atoms with Crippen LogP contribution in [0.2, 0.25) is 0 Å². The van der Waals surface area contributed by atoms with Gasteiger partial charge in [0.1, 0.15) is 11.6 Å². The molecule has 0 saturated carbocycles. The molecular formula is C38H24N6. The zero-order valence-electron chi connectivity index (χ0n) is 23.5. The van der Waals surface area contributed by atoms with Gasteiger partial charge in [-0.1, -0.05) is 72.8 Å². The summed E-state index contributed by atoms with van der Waals surface area (Å²) in [5, 5.41) is 4.71. The Morgan fingerprint density at radius 1 is 0.364 bits per heavy atom. The van der Waals surface area contributed by atoms with Crippen LogP contribution in [0.3, 0.4) is 0 Å². The number of benzene rings is 3. The smallest absolute Gasteiger partial charge is 0.138 e.